The predicted octanol–water partition coefficient (Wildman–Crippen LogP) is 4.85. The summed E-state index contributed by atoms with van der Waals surface area (Å²) in [4.78, 5) is 27.1. The number of nitrogens with one attached hydrogen (secondary N) is 2. The summed E-state index contributed by atoms with van der Waals surface area (Å²) in [6.45, 7) is 0.483. The van der Waals surface area contributed by atoms with Crippen LogP contribution in [0, 0.1) is 0 Å². The maximum absolute atomic E-state index is 13.0. The fourth-order valence-electron chi connectivity index (χ4n) is 2.88. The Morgan fingerprint density at radius 3 is 2.20 bits per heavy atom. The van der Waals surface area contributed by atoms with Crippen molar-refractivity contribution in [2.75, 3.05) is 12.4 Å². The molecule has 30 heavy (non-hydrogen) atoms. The average Bonchev–Trinajstić information content (AvgIpc) is 2.74. The van der Waals surface area contributed by atoms with Crippen LogP contribution in [0.15, 0.2) is 83.3 Å². The largest absolute Gasteiger partial charge is 0.337 e. The SMILES string of the molecule is CN(Cc1ccccc1)C(=O)c1ccccc1NC(=S)NC(=O)c1ccccc1Br. The molecule has 0 aliphatic heterocycles. The van der Waals surface area contributed by atoms with Crippen molar-refractivity contribution in [1.82, 2.24) is 10.2 Å². The second-order valence-electron chi connectivity index (χ2n) is 6.58. The molecule has 0 radical (unpaired) electrons. The molecule has 0 saturated heterocycles. The van der Waals surface area contributed by atoms with Crippen LogP contribution < -0.4 is 10.6 Å². The lowest BCUT2D eigenvalue weighted by Gasteiger charge is -2.20. The summed E-state index contributed by atoms with van der Waals surface area (Å²) in [7, 11) is 1.75. The number of carbonyl (C=O) groups excluding carboxylic acids is 2. The minimum absolute atomic E-state index is 0.113. The van der Waals surface area contributed by atoms with Crippen LogP contribution in [0.25, 0.3) is 0 Å². The molecule has 3 aromatic rings. The number of benzene rings is 3. The van der Waals surface area contributed by atoms with Crippen molar-refractivity contribution in [1.29, 1.82) is 0 Å². The van der Waals surface area contributed by atoms with Gasteiger partial charge in [-0.05, 0) is 58.0 Å². The van der Waals surface area contributed by atoms with E-state index in [9.17, 15) is 9.59 Å². The molecule has 152 valence electrons. The van der Waals surface area contributed by atoms with Crippen LogP contribution in [0.2, 0.25) is 0 Å². The van der Waals surface area contributed by atoms with Crippen LogP contribution in [0.3, 0.4) is 0 Å². The first-order valence-electron chi connectivity index (χ1n) is 9.21. The molecule has 0 atom stereocenters. The van der Waals surface area contributed by atoms with Gasteiger partial charge in [0, 0.05) is 18.1 Å². The number of thiocarbonyl (C=S) groups is 1. The monoisotopic (exact) mass is 481 g/mol. The van der Waals surface area contributed by atoms with E-state index in [1.165, 1.54) is 0 Å². The summed E-state index contributed by atoms with van der Waals surface area (Å²) in [5, 5.41) is 5.73. The van der Waals surface area contributed by atoms with Gasteiger partial charge in [-0.3, -0.25) is 14.9 Å². The molecule has 3 aromatic carbocycles. The smallest absolute Gasteiger partial charge is 0.258 e. The molecule has 2 amide bonds. The number of rotatable bonds is 5. The van der Waals surface area contributed by atoms with Crippen LogP contribution in [0.5, 0.6) is 0 Å². The molecule has 3 rings (SSSR count). The Labute approximate surface area is 189 Å². The molecule has 5 nitrogen and oxygen atoms in total. The van der Waals surface area contributed by atoms with E-state index in [1.54, 1.807) is 54.4 Å². The zero-order valence-corrected chi connectivity index (χ0v) is 18.7. The summed E-state index contributed by atoms with van der Waals surface area (Å²) in [5.74, 6) is -0.494. The van der Waals surface area contributed by atoms with Gasteiger partial charge in [0.25, 0.3) is 11.8 Å². The third-order valence-corrected chi connectivity index (χ3v) is 5.26. The van der Waals surface area contributed by atoms with Crippen molar-refractivity contribution < 1.29 is 9.59 Å². The lowest BCUT2D eigenvalue weighted by molar-refractivity contribution is 0.0786. The van der Waals surface area contributed by atoms with Gasteiger partial charge in [-0.2, -0.15) is 0 Å². The summed E-state index contributed by atoms with van der Waals surface area (Å²) >= 11 is 8.64. The number of hydrogen-bond acceptors (Lipinski definition) is 3. The van der Waals surface area contributed by atoms with Crippen molar-refractivity contribution in [3.05, 3.63) is 100 Å². The van der Waals surface area contributed by atoms with Gasteiger partial charge in [-0.15, -0.1) is 0 Å². The quantitative estimate of drug-likeness (QED) is 0.511. The van der Waals surface area contributed by atoms with Crippen molar-refractivity contribution in [2.24, 2.45) is 0 Å². The molecule has 7 heteroatoms. The van der Waals surface area contributed by atoms with E-state index in [2.05, 4.69) is 26.6 Å². The van der Waals surface area contributed by atoms with Gasteiger partial charge in [0.1, 0.15) is 0 Å². The number of hydrogen-bond donors (Lipinski definition) is 2. The van der Waals surface area contributed by atoms with E-state index in [-0.39, 0.29) is 16.9 Å². The Balaban J connectivity index is 1.70. The molecule has 0 saturated carbocycles. The first-order chi connectivity index (χ1) is 14.5. The van der Waals surface area contributed by atoms with Gasteiger partial charge in [-0.1, -0.05) is 54.6 Å². The molecular weight excluding hydrogens is 462 g/mol. The van der Waals surface area contributed by atoms with Gasteiger partial charge >= 0.3 is 0 Å². The van der Waals surface area contributed by atoms with Crippen molar-refractivity contribution >= 4 is 50.8 Å². The van der Waals surface area contributed by atoms with E-state index >= 15 is 0 Å². The molecule has 0 aliphatic carbocycles. The molecule has 0 heterocycles. The van der Waals surface area contributed by atoms with Gasteiger partial charge in [0.05, 0.1) is 16.8 Å². The third kappa shape index (κ3) is 5.52. The second-order valence-corrected chi connectivity index (χ2v) is 7.84. The van der Waals surface area contributed by atoms with Crippen molar-refractivity contribution in [3.8, 4) is 0 Å². The zero-order valence-electron chi connectivity index (χ0n) is 16.3. The van der Waals surface area contributed by atoms with E-state index < -0.39 is 0 Å². The Hall–Kier alpha value is -3.03. The van der Waals surface area contributed by atoms with E-state index in [0.29, 0.717) is 27.8 Å². The van der Waals surface area contributed by atoms with Gasteiger partial charge < -0.3 is 10.2 Å². The number of carbonyl (C=O) groups is 2. The number of amides is 2. The Morgan fingerprint density at radius 2 is 1.50 bits per heavy atom. The molecule has 2 N–H and O–H groups in total. The maximum atomic E-state index is 13.0. The number of halogens is 1. The Bertz CT molecular complexity index is 1070. The molecule has 0 bridgehead atoms. The van der Waals surface area contributed by atoms with E-state index in [4.69, 9.17) is 12.2 Å². The van der Waals surface area contributed by atoms with Crippen LogP contribution in [0.4, 0.5) is 5.69 Å². The molecule has 0 unspecified atom stereocenters. The predicted molar refractivity (Wildman–Crippen MR) is 127 cm³/mol. The minimum Gasteiger partial charge on any atom is -0.337 e. The summed E-state index contributed by atoms with van der Waals surface area (Å²) < 4.78 is 0.670. The van der Waals surface area contributed by atoms with Crippen LogP contribution >= 0.6 is 28.1 Å². The first-order valence-corrected chi connectivity index (χ1v) is 10.4. The highest BCUT2D eigenvalue weighted by Crippen LogP contribution is 2.19. The van der Waals surface area contributed by atoms with Crippen LogP contribution in [-0.4, -0.2) is 28.9 Å². The summed E-state index contributed by atoms with van der Waals surface area (Å²) in [6, 6.07) is 23.9. The molecule has 0 aliphatic rings. The molecular formula is C23H20BrN3O2S. The highest BCUT2D eigenvalue weighted by Gasteiger charge is 2.17. The van der Waals surface area contributed by atoms with Crippen LogP contribution in [0.1, 0.15) is 26.3 Å². The maximum Gasteiger partial charge on any atom is 0.258 e. The van der Waals surface area contributed by atoms with E-state index in [0.717, 1.165) is 5.56 Å². The average molecular weight is 482 g/mol. The highest BCUT2D eigenvalue weighted by atomic mass is 79.9. The van der Waals surface area contributed by atoms with Gasteiger partial charge in [-0.25, -0.2) is 0 Å². The topological polar surface area (TPSA) is 61.4 Å². The number of anilines is 1. The third-order valence-electron chi connectivity index (χ3n) is 4.36. The number of nitrogens with zero attached hydrogens (tertiary/aromatic N) is 1. The normalized spacial score (nSPS) is 10.2. The minimum atomic E-state index is -0.343. The Kier molecular flexibility index (Phi) is 7.32. The van der Waals surface area contributed by atoms with Crippen molar-refractivity contribution in [2.45, 2.75) is 6.54 Å². The van der Waals surface area contributed by atoms with Gasteiger partial charge in [0.15, 0.2) is 5.11 Å². The zero-order chi connectivity index (χ0) is 21.5. The second kappa shape index (κ2) is 10.1. The molecule has 0 spiro atoms. The van der Waals surface area contributed by atoms with Gasteiger partial charge in [0.2, 0.25) is 0 Å². The fourth-order valence-corrected chi connectivity index (χ4v) is 3.55. The fraction of sp³-hybridized carbons (Fsp3) is 0.0870. The summed E-state index contributed by atoms with van der Waals surface area (Å²) in [5.41, 5.74) is 2.50. The van der Waals surface area contributed by atoms with E-state index in [1.807, 2.05) is 36.4 Å². The highest BCUT2D eigenvalue weighted by molar-refractivity contribution is 9.10. The molecule has 0 aromatic heterocycles. The standard InChI is InChI=1S/C23H20BrN3O2S/c1-27(15-16-9-3-2-4-10-16)22(29)18-12-6-8-14-20(18)25-23(30)26-21(28)17-11-5-7-13-19(17)24/h2-14H,15H2,1H3,(H2,25,26,28,30). The van der Waals surface area contributed by atoms with Crippen molar-refractivity contribution in [3.63, 3.8) is 0 Å². The summed E-state index contributed by atoms with van der Waals surface area (Å²) in [6.07, 6.45) is 0. The Morgan fingerprint density at radius 1 is 0.900 bits per heavy atom. The number of para-hydroxylation sites is 1. The van der Waals surface area contributed by atoms with Crippen LogP contribution in [-0.2, 0) is 6.54 Å². The molecule has 0 fully saturated rings. The first kappa shape index (κ1) is 21.7. The lowest BCUT2D eigenvalue weighted by Crippen LogP contribution is -2.35. The lowest BCUT2D eigenvalue weighted by atomic mass is 10.1.